The van der Waals surface area contributed by atoms with Crippen LogP contribution in [0.3, 0.4) is 0 Å². The zero-order valence-corrected chi connectivity index (χ0v) is 13.7. The number of nitrogens with one attached hydrogen (secondary N) is 1. The summed E-state index contributed by atoms with van der Waals surface area (Å²) in [6.45, 7) is 4.95. The SMILES string of the molecule is COC(=O)c1scc(C)c1NS(=O)(=O)C(C)[C@H](C)OC. The number of sulfonamides is 1. The molecule has 0 fully saturated rings. The Labute approximate surface area is 123 Å². The maximum atomic E-state index is 12.3. The third-order valence-electron chi connectivity index (χ3n) is 3.11. The van der Waals surface area contributed by atoms with E-state index in [4.69, 9.17) is 4.74 Å². The van der Waals surface area contributed by atoms with Crippen LogP contribution in [0.25, 0.3) is 0 Å². The van der Waals surface area contributed by atoms with E-state index in [0.29, 0.717) is 5.56 Å². The van der Waals surface area contributed by atoms with Gasteiger partial charge in [-0.25, -0.2) is 13.2 Å². The number of esters is 1. The highest BCUT2D eigenvalue weighted by Gasteiger charge is 2.29. The number of methoxy groups -OCH3 is 2. The van der Waals surface area contributed by atoms with Crippen molar-refractivity contribution in [1.29, 1.82) is 0 Å². The maximum Gasteiger partial charge on any atom is 0.350 e. The number of ether oxygens (including phenoxy) is 2. The highest BCUT2D eigenvalue weighted by molar-refractivity contribution is 7.93. The molecule has 1 heterocycles. The molecule has 0 aliphatic rings. The van der Waals surface area contributed by atoms with Crippen LogP contribution >= 0.6 is 11.3 Å². The molecule has 6 nitrogen and oxygen atoms in total. The summed E-state index contributed by atoms with van der Waals surface area (Å²) < 4.78 is 36.7. The summed E-state index contributed by atoms with van der Waals surface area (Å²) in [6, 6.07) is 0. The minimum Gasteiger partial charge on any atom is -0.465 e. The highest BCUT2D eigenvalue weighted by atomic mass is 32.2. The molecule has 1 rings (SSSR count). The Morgan fingerprint density at radius 3 is 2.45 bits per heavy atom. The van der Waals surface area contributed by atoms with E-state index in [1.165, 1.54) is 14.2 Å². The van der Waals surface area contributed by atoms with Crippen LogP contribution in [0.2, 0.25) is 0 Å². The van der Waals surface area contributed by atoms with E-state index in [1.807, 2.05) is 0 Å². The first kappa shape index (κ1) is 16.9. The topological polar surface area (TPSA) is 81.7 Å². The molecule has 0 amide bonds. The number of carbonyl (C=O) groups excluding carboxylic acids is 1. The van der Waals surface area contributed by atoms with Gasteiger partial charge in [0.05, 0.1) is 18.9 Å². The van der Waals surface area contributed by atoms with Crippen LogP contribution in [-0.4, -0.2) is 40.0 Å². The van der Waals surface area contributed by atoms with Crippen LogP contribution in [0.4, 0.5) is 5.69 Å². The summed E-state index contributed by atoms with van der Waals surface area (Å²) in [6.07, 6.45) is -0.465. The summed E-state index contributed by atoms with van der Waals surface area (Å²) >= 11 is 1.14. The number of hydrogen-bond acceptors (Lipinski definition) is 6. The van der Waals surface area contributed by atoms with Crippen LogP contribution in [0.15, 0.2) is 5.38 Å². The molecule has 1 aromatic rings. The van der Waals surface area contributed by atoms with Crippen LogP contribution < -0.4 is 4.72 Å². The zero-order valence-electron chi connectivity index (χ0n) is 12.1. The van der Waals surface area contributed by atoms with Crippen molar-refractivity contribution >= 4 is 33.0 Å². The average molecular weight is 321 g/mol. The number of aryl methyl sites for hydroxylation is 1. The Kier molecular flexibility index (Phi) is 5.55. The fourth-order valence-electron chi connectivity index (χ4n) is 1.49. The van der Waals surface area contributed by atoms with Crippen molar-refractivity contribution in [3.05, 3.63) is 15.8 Å². The van der Waals surface area contributed by atoms with Gasteiger partial charge in [-0.05, 0) is 31.7 Å². The van der Waals surface area contributed by atoms with E-state index in [2.05, 4.69) is 9.46 Å². The van der Waals surface area contributed by atoms with Gasteiger partial charge in [0.15, 0.2) is 0 Å². The van der Waals surface area contributed by atoms with Crippen molar-refractivity contribution in [3.63, 3.8) is 0 Å². The summed E-state index contributed by atoms with van der Waals surface area (Å²) in [5, 5.41) is 0.950. The van der Waals surface area contributed by atoms with Crippen LogP contribution in [-0.2, 0) is 19.5 Å². The fraction of sp³-hybridized carbons (Fsp3) is 0.583. The van der Waals surface area contributed by atoms with Gasteiger partial charge >= 0.3 is 5.97 Å². The van der Waals surface area contributed by atoms with Crippen molar-refractivity contribution in [2.45, 2.75) is 32.1 Å². The minimum atomic E-state index is -3.66. The number of thiophene rings is 1. The molecule has 0 aliphatic carbocycles. The predicted octanol–water partition coefficient (Wildman–Crippen LogP) is 2.01. The molecule has 1 aromatic heterocycles. The predicted molar refractivity (Wildman–Crippen MR) is 78.9 cm³/mol. The lowest BCUT2D eigenvalue weighted by molar-refractivity contribution is 0.0607. The van der Waals surface area contributed by atoms with Gasteiger partial charge in [0.25, 0.3) is 0 Å². The maximum absolute atomic E-state index is 12.3. The first-order valence-corrected chi connectivity index (χ1v) is 8.38. The van der Waals surface area contributed by atoms with E-state index >= 15 is 0 Å². The summed E-state index contributed by atoms with van der Waals surface area (Å²) in [4.78, 5) is 11.9. The van der Waals surface area contributed by atoms with Crippen molar-refractivity contribution in [2.75, 3.05) is 18.9 Å². The largest absolute Gasteiger partial charge is 0.465 e. The Morgan fingerprint density at radius 1 is 1.35 bits per heavy atom. The quantitative estimate of drug-likeness (QED) is 0.811. The lowest BCUT2D eigenvalue weighted by Gasteiger charge is -2.20. The third kappa shape index (κ3) is 3.50. The van der Waals surface area contributed by atoms with E-state index in [0.717, 1.165) is 11.3 Å². The van der Waals surface area contributed by atoms with E-state index in [9.17, 15) is 13.2 Å². The summed E-state index contributed by atoms with van der Waals surface area (Å²) in [5.41, 5.74) is 0.952. The molecule has 2 atom stereocenters. The van der Waals surface area contributed by atoms with Gasteiger partial charge in [-0.15, -0.1) is 11.3 Å². The monoisotopic (exact) mass is 321 g/mol. The number of carbonyl (C=O) groups is 1. The number of rotatable bonds is 6. The normalized spacial score (nSPS) is 14.7. The molecular formula is C12H19NO5S2. The van der Waals surface area contributed by atoms with Crippen molar-refractivity contribution in [3.8, 4) is 0 Å². The molecule has 8 heteroatoms. The summed E-state index contributed by atoms with van der Waals surface area (Å²) in [7, 11) is -0.951. The van der Waals surface area contributed by atoms with Crippen molar-refractivity contribution in [1.82, 2.24) is 0 Å². The molecule has 1 unspecified atom stereocenters. The molecule has 0 saturated carbocycles. The molecule has 20 heavy (non-hydrogen) atoms. The van der Waals surface area contributed by atoms with Gasteiger partial charge in [-0.1, -0.05) is 0 Å². The lowest BCUT2D eigenvalue weighted by atomic mass is 10.3. The fourth-order valence-corrected chi connectivity index (χ4v) is 3.83. The lowest BCUT2D eigenvalue weighted by Crippen LogP contribution is -2.35. The molecule has 0 saturated heterocycles. The summed E-state index contributed by atoms with van der Waals surface area (Å²) in [5.74, 6) is -0.562. The first-order chi connectivity index (χ1) is 9.24. The van der Waals surface area contributed by atoms with E-state index < -0.39 is 27.3 Å². The second-order valence-electron chi connectivity index (χ2n) is 4.41. The van der Waals surface area contributed by atoms with E-state index in [1.54, 1.807) is 26.2 Å². The molecule has 0 aromatic carbocycles. The zero-order chi connectivity index (χ0) is 15.5. The third-order valence-corrected chi connectivity index (χ3v) is 6.04. The molecule has 0 aliphatic heterocycles. The standard InChI is InChI=1S/C12H19NO5S2/c1-7-6-19-11(12(14)18-5)10(7)13-20(15,16)9(3)8(2)17-4/h6,8-9,13H,1-5H3/t8-,9?/m0/s1. The molecule has 0 spiro atoms. The van der Waals surface area contributed by atoms with Crippen LogP contribution in [0.5, 0.6) is 0 Å². The van der Waals surface area contributed by atoms with Gasteiger partial charge in [0.2, 0.25) is 10.0 Å². The molecule has 114 valence electrons. The van der Waals surface area contributed by atoms with Gasteiger partial charge < -0.3 is 9.47 Å². The van der Waals surface area contributed by atoms with Gasteiger partial charge in [-0.2, -0.15) is 0 Å². The van der Waals surface area contributed by atoms with Crippen molar-refractivity contribution in [2.24, 2.45) is 0 Å². The van der Waals surface area contributed by atoms with Crippen LogP contribution in [0, 0.1) is 6.92 Å². The second kappa shape index (κ2) is 6.55. The average Bonchev–Trinajstić information content (AvgIpc) is 2.77. The number of hydrogen-bond donors (Lipinski definition) is 1. The molecular weight excluding hydrogens is 302 g/mol. The van der Waals surface area contributed by atoms with Crippen molar-refractivity contribution < 1.29 is 22.7 Å². The Morgan fingerprint density at radius 2 is 1.95 bits per heavy atom. The molecule has 0 bridgehead atoms. The second-order valence-corrected chi connectivity index (χ2v) is 7.32. The number of anilines is 1. The molecule has 1 N–H and O–H groups in total. The first-order valence-electron chi connectivity index (χ1n) is 5.95. The smallest absolute Gasteiger partial charge is 0.350 e. The Balaban J connectivity index is 3.10. The Hall–Kier alpha value is -1.12. The van der Waals surface area contributed by atoms with Gasteiger partial charge in [0, 0.05) is 7.11 Å². The molecule has 0 radical (unpaired) electrons. The van der Waals surface area contributed by atoms with Gasteiger partial charge in [-0.3, -0.25) is 4.72 Å². The van der Waals surface area contributed by atoms with E-state index in [-0.39, 0.29) is 10.6 Å². The Bertz CT molecular complexity index is 579. The van der Waals surface area contributed by atoms with Crippen LogP contribution in [0.1, 0.15) is 29.1 Å². The van der Waals surface area contributed by atoms with Gasteiger partial charge in [0.1, 0.15) is 10.1 Å². The highest BCUT2D eigenvalue weighted by Crippen LogP contribution is 2.30. The minimum absolute atomic E-state index is 0.242.